The third kappa shape index (κ3) is 5.68. The second-order valence-electron chi connectivity index (χ2n) is 6.64. The molecule has 34 heavy (non-hydrogen) atoms. The number of furan rings is 1. The molecule has 1 aliphatic heterocycles. The minimum Gasteiger partial charge on any atom is -0.507 e. The van der Waals surface area contributed by atoms with Crippen molar-refractivity contribution in [3.8, 4) is 17.2 Å². The van der Waals surface area contributed by atoms with Gasteiger partial charge in [0.05, 0.1) is 37.1 Å². The number of ether oxygens (including phenoxy) is 2. The molecular formula is C22H19N3O9. The molecule has 2 heterocycles. The third-order valence-corrected chi connectivity index (χ3v) is 4.45. The Labute approximate surface area is 192 Å². The number of benzene rings is 2. The minimum absolute atomic E-state index is 0.113. The molecule has 0 unspecified atom stereocenters. The largest absolute Gasteiger partial charge is 0.507 e. The van der Waals surface area contributed by atoms with E-state index in [1.807, 2.05) is 0 Å². The summed E-state index contributed by atoms with van der Waals surface area (Å²) in [4.78, 5) is 32.7. The first-order valence-corrected chi connectivity index (χ1v) is 9.72. The summed E-state index contributed by atoms with van der Waals surface area (Å²) < 4.78 is 14.4. The number of phenolic OH excluding ortho intramolecular Hbond substituents is 2. The highest BCUT2D eigenvalue weighted by Gasteiger charge is 2.21. The number of amides is 1. The predicted octanol–water partition coefficient (Wildman–Crippen LogP) is 3.31. The van der Waals surface area contributed by atoms with E-state index in [0.29, 0.717) is 12.3 Å². The van der Waals surface area contributed by atoms with Crippen LogP contribution in [-0.4, -0.2) is 58.5 Å². The van der Waals surface area contributed by atoms with Crippen molar-refractivity contribution >= 4 is 24.0 Å². The second-order valence-corrected chi connectivity index (χ2v) is 6.64. The fraction of sp³-hybridized carbons (Fsp3) is 0.136. The monoisotopic (exact) mass is 469 g/mol. The molecule has 176 valence electrons. The van der Waals surface area contributed by atoms with Gasteiger partial charge in [0.1, 0.15) is 28.8 Å². The number of carbonyl (C=O) groups is 2. The first-order chi connectivity index (χ1) is 16.3. The number of hydrogen-bond donors (Lipinski definition) is 2. The fourth-order valence-corrected chi connectivity index (χ4v) is 2.77. The number of cyclic esters (lactones) is 1. The molecule has 0 bridgehead atoms. The molecule has 0 radical (unpaired) electrons. The molecule has 1 fully saturated rings. The zero-order valence-corrected chi connectivity index (χ0v) is 17.8. The predicted molar refractivity (Wildman–Crippen MR) is 117 cm³/mol. The van der Waals surface area contributed by atoms with Gasteiger partial charge in [-0.25, -0.2) is 4.79 Å². The summed E-state index contributed by atoms with van der Waals surface area (Å²) >= 11 is 0. The summed E-state index contributed by atoms with van der Waals surface area (Å²) in [5.41, 5.74) is 0.273. The van der Waals surface area contributed by atoms with Gasteiger partial charge in [-0.15, -0.1) is 0 Å². The highest BCUT2D eigenvalue weighted by atomic mass is 16.6. The standard InChI is InChI=1S/C14H12O4.C8H7N3O5/c1-18-9-6-7-11(13(16)8-9)14(17)10-4-2-3-5-12(10)15;12-8-10(3-4-15-8)9-5-6-1-2-7(16-6)11(13)14/h2-8,15-16H,1H3;1-2,5H,3-4H2. The summed E-state index contributed by atoms with van der Waals surface area (Å²) in [6, 6.07) is 13.2. The van der Waals surface area contributed by atoms with E-state index in [4.69, 9.17) is 9.15 Å². The summed E-state index contributed by atoms with van der Waals surface area (Å²) in [5.74, 6) is -0.438. The third-order valence-electron chi connectivity index (χ3n) is 4.45. The van der Waals surface area contributed by atoms with Gasteiger partial charge < -0.3 is 24.1 Å². The van der Waals surface area contributed by atoms with Gasteiger partial charge in [0.2, 0.25) is 0 Å². The van der Waals surface area contributed by atoms with E-state index in [1.54, 1.807) is 18.2 Å². The molecule has 1 aliphatic rings. The summed E-state index contributed by atoms with van der Waals surface area (Å²) in [6.07, 6.45) is 0.678. The number of nitrogens with zero attached hydrogens (tertiary/aromatic N) is 3. The molecule has 3 aromatic rings. The van der Waals surface area contributed by atoms with Crippen LogP contribution in [-0.2, 0) is 4.74 Å². The normalized spacial score (nSPS) is 12.7. The van der Waals surface area contributed by atoms with E-state index in [9.17, 15) is 29.9 Å². The number of nitro groups is 1. The van der Waals surface area contributed by atoms with Crippen LogP contribution in [0.25, 0.3) is 0 Å². The van der Waals surface area contributed by atoms with Crippen molar-refractivity contribution in [3.05, 3.63) is 81.6 Å². The molecule has 2 aromatic carbocycles. The molecule has 0 atom stereocenters. The molecular weight excluding hydrogens is 450 g/mol. The number of carbonyl (C=O) groups excluding carboxylic acids is 2. The summed E-state index contributed by atoms with van der Waals surface area (Å²) in [7, 11) is 1.47. The molecule has 0 spiro atoms. The summed E-state index contributed by atoms with van der Waals surface area (Å²) in [5, 5.41) is 34.5. The second kappa shape index (κ2) is 10.6. The van der Waals surface area contributed by atoms with Crippen molar-refractivity contribution in [2.75, 3.05) is 20.3 Å². The Hall–Kier alpha value is -4.87. The molecule has 1 amide bonds. The molecule has 2 N–H and O–H groups in total. The topological polar surface area (TPSA) is 165 Å². The Morgan fingerprint density at radius 3 is 2.47 bits per heavy atom. The van der Waals surface area contributed by atoms with Crippen molar-refractivity contribution in [2.45, 2.75) is 0 Å². The average Bonchev–Trinajstić information content (AvgIpc) is 3.47. The van der Waals surface area contributed by atoms with Crippen LogP contribution in [0, 0.1) is 10.1 Å². The van der Waals surface area contributed by atoms with E-state index in [-0.39, 0.29) is 40.9 Å². The molecule has 4 rings (SSSR count). The van der Waals surface area contributed by atoms with Gasteiger partial charge in [0.15, 0.2) is 11.5 Å². The lowest BCUT2D eigenvalue weighted by Gasteiger charge is -2.07. The van der Waals surface area contributed by atoms with Gasteiger partial charge >= 0.3 is 12.0 Å². The maximum Gasteiger partial charge on any atom is 0.433 e. The lowest BCUT2D eigenvalue weighted by Crippen LogP contribution is -2.17. The molecule has 1 aromatic heterocycles. The van der Waals surface area contributed by atoms with Gasteiger partial charge in [0, 0.05) is 6.07 Å². The van der Waals surface area contributed by atoms with Gasteiger partial charge in [-0.2, -0.15) is 10.1 Å². The average molecular weight is 469 g/mol. The fourth-order valence-electron chi connectivity index (χ4n) is 2.77. The number of aromatic hydroxyl groups is 2. The molecule has 12 nitrogen and oxygen atoms in total. The van der Waals surface area contributed by atoms with Crippen molar-refractivity contribution in [3.63, 3.8) is 0 Å². The van der Waals surface area contributed by atoms with E-state index in [1.165, 1.54) is 49.7 Å². The van der Waals surface area contributed by atoms with Gasteiger partial charge in [-0.3, -0.25) is 14.9 Å². The van der Waals surface area contributed by atoms with Crippen molar-refractivity contribution in [2.24, 2.45) is 5.10 Å². The number of para-hydroxylation sites is 1. The van der Waals surface area contributed by atoms with Crippen LogP contribution in [0.4, 0.5) is 10.7 Å². The maximum atomic E-state index is 12.1. The van der Waals surface area contributed by atoms with Crippen LogP contribution in [0.1, 0.15) is 21.7 Å². The zero-order valence-electron chi connectivity index (χ0n) is 17.8. The van der Waals surface area contributed by atoms with Crippen molar-refractivity contribution in [1.82, 2.24) is 5.01 Å². The number of hydrazone groups is 1. The molecule has 1 saturated heterocycles. The van der Waals surface area contributed by atoms with E-state index in [2.05, 4.69) is 9.84 Å². The molecule has 0 saturated carbocycles. The van der Waals surface area contributed by atoms with Gasteiger partial charge in [-0.05, 0) is 30.3 Å². The number of hydrogen-bond acceptors (Lipinski definition) is 10. The van der Waals surface area contributed by atoms with Crippen LogP contribution < -0.4 is 4.74 Å². The number of phenols is 2. The SMILES string of the molecule is COc1ccc(C(=O)c2ccccc2O)c(O)c1.O=C1OCCN1N=Cc1ccc([N+](=O)[O-])o1. The van der Waals surface area contributed by atoms with Crippen LogP contribution in [0.3, 0.4) is 0 Å². The minimum atomic E-state index is -0.651. The number of methoxy groups -OCH3 is 1. The zero-order chi connectivity index (χ0) is 24.7. The number of ketones is 1. The van der Waals surface area contributed by atoms with Gasteiger partial charge in [0.25, 0.3) is 0 Å². The van der Waals surface area contributed by atoms with Crippen LogP contribution in [0.15, 0.2) is 64.1 Å². The quantitative estimate of drug-likeness (QED) is 0.238. The van der Waals surface area contributed by atoms with Crippen molar-refractivity contribution < 1.29 is 38.6 Å². The maximum absolute atomic E-state index is 12.1. The van der Waals surface area contributed by atoms with E-state index < -0.39 is 16.8 Å². The van der Waals surface area contributed by atoms with Crippen LogP contribution in [0.2, 0.25) is 0 Å². The van der Waals surface area contributed by atoms with Gasteiger partial charge in [-0.1, -0.05) is 12.1 Å². The number of rotatable bonds is 6. The van der Waals surface area contributed by atoms with E-state index >= 15 is 0 Å². The Morgan fingerprint density at radius 2 is 1.88 bits per heavy atom. The van der Waals surface area contributed by atoms with Crippen LogP contribution >= 0.6 is 0 Å². The Balaban J connectivity index is 0.000000192. The summed E-state index contributed by atoms with van der Waals surface area (Å²) in [6.45, 7) is 0.645. The highest BCUT2D eigenvalue weighted by molar-refractivity contribution is 6.12. The van der Waals surface area contributed by atoms with E-state index in [0.717, 1.165) is 5.01 Å². The first kappa shape index (κ1) is 23.8. The Morgan fingerprint density at radius 1 is 1.15 bits per heavy atom. The lowest BCUT2D eigenvalue weighted by molar-refractivity contribution is -0.402. The Bertz CT molecular complexity index is 1240. The molecule has 12 heteroatoms. The van der Waals surface area contributed by atoms with Crippen LogP contribution in [0.5, 0.6) is 17.2 Å². The smallest absolute Gasteiger partial charge is 0.433 e. The first-order valence-electron chi connectivity index (χ1n) is 9.72. The Kier molecular flexibility index (Phi) is 7.44. The lowest BCUT2D eigenvalue weighted by atomic mass is 10.0. The van der Waals surface area contributed by atoms with Crippen molar-refractivity contribution in [1.29, 1.82) is 0 Å². The molecule has 0 aliphatic carbocycles. The highest BCUT2D eigenvalue weighted by Crippen LogP contribution is 2.28.